The van der Waals surface area contributed by atoms with Gasteiger partial charge < -0.3 is 15.4 Å². The van der Waals surface area contributed by atoms with E-state index in [1.165, 1.54) is 17.2 Å². The van der Waals surface area contributed by atoms with Gasteiger partial charge in [0, 0.05) is 34.9 Å². The smallest absolute Gasteiger partial charge is 0.255 e. The second kappa shape index (κ2) is 7.92. The van der Waals surface area contributed by atoms with Gasteiger partial charge in [-0.15, -0.1) is 0 Å². The normalized spacial score (nSPS) is 16.1. The van der Waals surface area contributed by atoms with E-state index in [4.69, 9.17) is 33.7 Å². The minimum atomic E-state index is -3.07. The van der Waals surface area contributed by atoms with Gasteiger partial charge in [0.1, 0.15) is 6.61 Å². The lowest BCUT2D eigenvalue weighted by molar-refractivity contribution is 0.0769. The molecule has 1 amide bonds. The highest BCUT2D eigenvalue weighted by molar-refractivity contribution is 7.91. The third-order valence-electron chi connectivity index (χ3n) is 4.19. The van der Waals surface area contributed by atoms with E-state index < -0.39 is 9.84 Å². The van der Waals surface area contributed by atoms with Crippen LogP contribution in [0.1, 0.15) is 15.9 Å². The summed E-state index contributed by atoms with van der Waals surface area (Å²) in [6.07, 6.45) is 1.34. The van der Waals surface area contributed by atoms with Crippen molar-refractivity contribution in [2.24, 2.45) is 0 Å². The fourth-order valence-electron chi connectivity index (χ4n) is 2.61. The highest BCUT2D eigenvalue weighted by Gasteiger charge is 2.26. The number of amides is 1. The molecule has 2 aromatic rings. The Balaban J connectivity index is 1.75. The van der Waals surface area contributed by atoms with Crippen molar-refractivity contribution in [1.29, 1.82) is 0 Å². The molecule has 0 bridgehead atoms. The molecule has 1 fully saturated rings. The maximum atomic E-state index is 12.6. The van der Waals surface area contributed by atoms with E-state index in [2.05, 4.69) is 4.98 Å². The number of hydrogen-bond acceptors (Lipinski definition) is 6. The number of ether oxygens (including phenoxy) is 1. The fourth-order valence-corrected chi connectivity index (χ4v) is 4.31. The van der Waals surface area contributed by atoms with Crippen molar-refractivity contribution in [3.8, 4) is 5.75 Å². The predicted octanol–water partition coefficient (Wildman–Crippen LogP) is 2.42. The molecule has 0 atom stereocenters. The molecule has 1 aromatic heterocycles. The number of benzene rings is 1. The zero-order valence-electron chi connectivity index (χ0n) is 14.2. The Hall–Kier alpha value is -2.03. The molecule has 1 aliphatic rings. The molecule has 10 heteroatoms. The van der Waals surface area contributed by atoms with Crippen molar-refractivity contribution in [2.75, 3.05) is 30.3 Å². The maximum absolute atomic E-state index is 12.6. The summed E-state index contributed by atoms with van der Waals surface area (Å²) < 4.78 is 28.7. The number of pyridine rings is 1. The number of halogens is 2. The van der Waals surface area contributed by atoms with E-state index in [0.29, 0.717) is 15.6 Å². The number of hydrogen-bond donors (Lipinski definition) is 1. The summed E-state index contributed by atoms with van der Waals surface area (Å²) in [6, 6.07) is 6.59. The first kappa shape index (κ1) is 19.7. The molecule has 7 nitrogen and oxygen atoms in total. The van der Waals surface area contributed by atoms with Gasteiger partial charge in [-0.25, -0.2) is 13.4 Å². The molecular formula is C17H17Cl2N3O4S. The Kier molecular flexibility index (Phi) is 5.78. The van der Waals surface area contributed by atoms with Crippen LogP contribution in [0.15, 0.2) is 30.5 Å². The average molecular weight is 430 g/mol. The van der Waals surface area contributed by atoms with E-state index >= 15 is 0 Å². The second-order valence-corrected chi connectivity index (χ2v) is 9.16. The lowest BCUT2D eigenvalue weighted by Gasteiger charge is -2.26. The Labute approximate surface area is 166 Å². The summed E-state index contributed by atoms with van der Waals surface area (Å²) in [4.78, 5) is 18.1. The minimum Gasteiger partial charge on any atom is -0.485 e. The zero-order chi connectivity index (χ0) is 19.6. The summed E-state index contributed by atoms with van der Waals surface area (Å²) in [5, 5.41) is 0.909. The van der Waals surface area contributed by atoms with Crippen LogP contribution in [0.3, 0.4) is 0 Å². The first-order valence-electron chi connectivity index (χ1n) is 8.08. The average Bonchev–Trinajstić information content (AvgIpc) is 2.62. The van der Waals surface area contributed by atoms with Crippen LogP contribution in [0, 0.1) is 0 Å². The number of rotatable bonds is 4. The van der Waals surface area contributed by atoms with E-state index in [1.807, 2.05) is 0 Å². The molecule has 2 N–H and O–H groups in total. The predicted molar refractivity (Wildman–Crippen MR) is 104 cm³/mol. The fraction of sp³-hybridized carbons (Fsp3) is 0.294. The summed E-state index contributed by atoms with van der Waals surface area (Å²) >= 11 is 12.2. The van der Waals surface area contributed by atoms with Gasteiger partial charge in [0.2, 0.25) is 0 Å². The standard InChI is InChI=1S/C17H17Cl2N3O4S/c18-13-2-1-3-14(19)12(13)10-26-15-8-11(9-21-16(15)20)17(23)22-4-6-27(24,25)7-5-22/h1-3,8-9H,4-7,10H2,(H2,20,21). The number of nitrogens with zero attached hydrogens (tertiary/aromatic N) is 2. The Bertz CT molecular complexity index is 948. The van der Waals surface area contributed by atoms with Crippen LogP contribution in [0.25, 0.3) is 0 Å². The number of carbonyl (C=O) groups is 1. The molecule has 0 saturated carbocycles. The first-order valence-corrected chi connectivity index (χ1v) is 10.7. The first-order chi connectivity index (χ1) is 12.8. The zero-order valence-corrected chi connectivity index (χ0v) is 16.5. The van der Waals surface area contributed by atoms with Crippen molar-refractivity contribution in [3.05, 3.63) is 51.6 Å². The summed E-state index contributed by atoms with van der Waals surface area (Å²) in [5.74, 6) is -0.0687. The number of sulfone groups is 1. The third-order valence-corrected chi connectivity index (χ3v) is 6.51. The summed E-state index contributed by atoms with van der Waals surface area (Å²) in [6.45, 7) is 0.359. The van der Waals surface area contributed by atoms with E-state index in [0.717, 1.165) is 0 Å². The second-order valence-electron chi connectivity index (χ2n) is 6.04. The van der Waals surface area contributed by atoms with Crippen LogP contribution in [0.4, 0.5) is 5.82 Å². The molecule has 0 spiro atoms. The molecule has 1 saturated heterocycles. The molecule has 1 aliphatic heterocycles. The Morgan fingerprint density at radius 1 is 1.22 bits per heavy atom. The quantitative estimate of drug-likeness (QED) is 0.800. The van der Waals surface area contributed by atoms with Gasteiger partial charge in [-0.05, 0) is 18.2 Å². The van der Waals surface area contributed by atoms with Crippen molar-refractivity contribution < 1.29 is 17.9 Å². The van der Waals surface area contributed by atoms with Crippen molar-refractivity contribution in [1.82, 2.24) is 9.88 Å². The number of aromatic nitrogens is 1. The van der Waals surface area contributed by atoms with Crippen LogP contribution < -0.4 is 10.5 Å². The topological polar surface area (TPSA) is 103 Å². The van der Waals surface area contributed by atoms with Gasteiger partial charge in [0.05, 0.1) is 17.1 Å². The molecule has 3 rings (SSSR count). The monoisotopic (exact) mass is 429 g/mol. The van der Waals surface area contributed by atoms with Gasteiger partial charge in [0.25, 0.3) is 5.91 Å². The van der Waals surface area contributed by atoms with Crippen LogP contribution in [-0.2, 0) is 16.4 Å². The molecule has 144 valence electrons. The van der Waals surface area contributed by atoms with Gasteiger partial charge in [-0.3, -0.25) is 4.79 Å². The van der Waals surface area contributed by atoms with Gasteiger partial charge in [-0.1, -0.05) is 29.3 Å². The SMILES string of the molecule is Nc1ncc(C(=O)N2CCS(=O)(=O)CC2)cc1OCc1c(Cl)cccc1Cl. The van der Waals surface area contributed by atoms with Crippen molar-refractivity contribution in [2.45, 2.75) is 6.61 Å². The van der Waals surface area contributed by atoms with E-state index in [9.17, 15) is 13.2 Å². The van der Waals surface area contributed by atoms with Crippen LogP contribution in [-0.4, -0.2) is 48.8 Å². The minimum absolute atomic E-state index is 0.0461. The molecule has 2 heterocycles. The largest absolute Gasteiger partial charge is 0.485 e. The molecule has 0 aliphatic carbocycles. The Morgan fingerprint density at radius 2 is 1.85 bits per heavy atom. The van der Waals surface area contributed by atoms with Crippen molar-refractivity contribution in [3.63, 3.8) is 0 Å². The van der Waals surface area contributed by atoms with Crippen molar-refractivity contribution >= 4 is 44.8 Å². The van der Waals surface area contributed by atoms with Gasteiger partial charge in [-0.2, -0.15) is 0 Å². The highest BCUT2D eigenvalue weighted by atomic mass is 35.5. The number of anilines is 1. The molecule has 0 radical (unpaired) electrons. The molecule has 0 unspecified atom stereocenters. The number of nitrogens with two attached hydrogens (primary N) is 1. The Morgan fingerprint density at radius 3 is 2.48 bits per heavy atom. The molecule has 27 heavy (non-hydrogen) atoms. The lowest BCUT2D eigenvalue weighted by atomic mass is 10.2. The maximum Gasteiger partial charge on any atom is 0.255 e. The van der Waals surface area contributed by atoms with Crippen LogP contribution in [0.5, 0.6) is 5.75 Å². The summed E-state index contributed by atoms with van der Waals surface area (Å²) in [5.41, 5.74) is 6.70. The van der Waals surface area contributed by atoms with Gasteiger partial charge in [0.15, 0.2) is 21.4 Å². The molecular weight excluding hydrogens is 413 g/mol. The van der Waals surface area contributed by atoms with E-state index in [-0.39, 0.29) is 54.2 Å². The van der Waals surface area contributed by atoms with Crippen LogP contribution in [0.2, 0.25) is 10.0 Å². The van der Waals surface area contributed by atoms with Crippen LogP contribution >= 0.6 is 23.2 Å². The summed E-state index contributed by atoms with van der Waals surface area (Å²) in [7, 11) is -3.07. The highest BCUT2D eigenvalue weighted by Crippen LogP contribution is 2.28. The van der Waals surface area contributed by atoms with E-state index in [1.54, 1.807) is 18.2 Å². The lowest BCUT2D eigenvalue weighted by Crippen LogP contribution is -2.43. The van der Waals surface area contributed by atoms with Gasteiger partial charge >= 0.3 is 0 Å². The number of carbonyl (C=O) groups excluding carboxylic acids is 1. The molecule has 1 aromatic carbocycles. The number of nitrogen functional groups attached to an aromatic ring is 1. The third kappa shape index (κ3) is 4.63.